The molecular weight excluding hydrogens is 288 g/mol. The standard InChI is InChI=1S/C19H22N2O2/c1-22-18-6-4-14(12-19(18)23-2)7-9-20-13-15-3-5-17-16(11-15)8-10-21-17/h3-6,8,10-12,20-21H,7,9,13H2,1-2H3. The number of benzene rings is 2. The van der Waals surface area contributed by atoms with Crippen LogP contribution in [0.15, 0.2) is 48.7 Å². The van der Waals surface area contributed by atoms with Gasteiger partial charge < -0.3 is 19.8 Å². The molecular formula is C19H22N2O2. The molecule has 23 heavy (non-hydrogen) atoms. The van der Waals surface area contributed by atoms with Crippen molar-refractivity contribution in [2.45, 2.75) is 13.0 Å². The molecule has 4 heteroatoms. The predicted molar refractivity (Wildman–Crippen MR) is 93.3 cm³/mol. The molecule has 0 aliphatic rings. The van der Waals surface area contributed by atoms with Crippen molar-refractivity contribution >= 4 is 10.9 Å². The first-order valence-corrected chi connectivity index (χ1v) is 7.78. The number of ether oxygens (including phenoxy) is 2. The fraction of sp³-hybridized carbons (Fsp3) is 0.263. The van der Waals surface area contributed by atoms with Crippen molar-refractivity contribution in [3.8, 4) is 11.5 Å². The summed E-state index contributed by atoms with van der Waals surface area (Å²) in [5, 5.41) is 4.74. The number of hydrogen-bond donors (Lipinski definition) is 2. The lowest BCUT2D eigenvalue weighted by Crippen LogP contribution is -2.16. The number of fused-ring (bicyclic) bond motifs is 1. The maximum Gasteiger partial charge on any atom is 0.160 e. The Labute approximate surface area is 136 Å². The average Bonchev–Trinajstić information content (AvgIpc) is 3.06. The van der Waals surface area contributed by atoms with Gasteiger partial charge in [0.1, 0.15) is 0 Å². The third-order valence-corrected chi connectivity index (χ3v) is 3.99. The van der Waals surface area contributed by atoms with E-state index in [-0.39, 0.29) is 0 Å². The van der Waals surface area contributed by atoms with Gasteiger partial charge in [-0.25, -0.2) is 0 Å². The Morgan fingerprint density at radius 2 is 1.74 bits per heavy atom. The van der Waals surface area contributed by atoms with Gasteiger partial charge in [-0.05, 0) is 59.8 Å². The lowest BCUT2D eigenvalue weighted by Gasteiger charge is -2.10. The van der Waals surface area contributed by atoms with Crippen molar-refractivity contribution in [2.24, 2.45) is 0 Å². The van der Waals surface area contributed by atoms with Crippen LogP contribution in [0.4, 0.5) is 0 Å². The predicted octanol–water partition coefficient (Wildman–Crippen LogP) is 3.52. The third kappa shape index (κ3) is 3.66. The van der Waals surface area contributed by atoms with Crippen LogP contribution in [0.3, 0.4) is 0 Å². The quantitative estimate of drug-likeness (QED) is 0.656. The van der Waals surface area contributed by atoms with Gasteiger partial charge in [-0.3, -0.25) is 0 Å². The molecule has 0 spiro atoms. The second kappa shape index (κ2) is 7.20. The summed E-state index contributed by atoms with van der Waals surface area (Å²) < 4.78 is 10.6. The van der Waals surface area contributed by atoms with E-state index in [2.05, 4.69) is 40.6 Å². The van der Waals surface area contributed by atoms with E-state index in [0.29, 0.717) is 0 Å². The van der Waals surface area contributed by atoms with Crippen LogP contribution in [0.2, 0.25) is 0 Å². The zero-order chi connectivity index (χ0) is 16.1. The maximum absolute atomic E-state index is 5.34. The van der Waals surface area contributed by atoms with Crippen molar-refractivity contribution < 1.29 is 9.47 Å². The van der Waals surface area contributed by atoms with Crippen molar-refractivity contribution in [3.63, 3.8) is 0 Å². The minimum Gasteiger partial charge on any atom is -0.493 e. The normalized spacial score (nSPS) is 10.9. The van der Waals surface area contributed by atoms with E-state index in [1.807, 2.05) is 18.3 Å². The average molecular weight is 310 g/mol. The van der Waals surface area contributed by atoms with Crippen LogP contribution in [-0.4, -0.2) is 25.7 Å². The van der Waals surface area contributed by atoms with Crippen molar-refractivity contribution in [3.05, 3.63) is 59.8 Å². The lowest BCUT2D eigenvalue weighted by molar-refractivity contribution is 0.354. The molecule has 1 heterocycles. The number of H-pyrrole nitrogens is 1. The van der Waals surface area contributed by atoms with Gasteiger partial charge in [0.05, 0.1) is 14.2 Å². The van der Waals surface area contributed by atoms with E-state index < -0.39 is 0 Å². The Bertz CT molecular complexity index is 780. The fourth-order valence-electron chi connectivity index (χ4n) is 2.71. The van der Waals surface area contributed by atoms with Crippen molar-refractivity contribution in [2.75, 3.05) is 20.8 Å². The van der Waals surface area contributed by atoms with Crippen LogP contribution in [0.25, 0.3) is 10.9 Å². The molecule has 0 amide bonds. The van der Waals surface area contributed by atoms with E-state index >= 15 is 0 Å². The Hall–Kier alpha value is -2.46. The molecule has 0 saturated carbocycles. The topological polar surface area (TPSA) is 46.3 Å². The number of methoxy groups -OCH3 is 2. The summed E-state index contributed by atoms with van der Waals surface area (Å²) in [6.07, 6.45) is 2.92. The highest BCUT2D eigenvalue weighted by molar-refractivity contribution is 5.79. The van der Waals surface area contributed by atoms with E-state index in [1.54, 1.807) is 14.2 Å². The molecule has 0 atom stereocenters. The van der Waals surface area contributed by atoms with Gasteiger partial charge in [0, 0.05) is 18.3 Å². The molecule has 4 nitrogen and oxygen atoms in total. The largest absolute Gasteiger partial charge is 0.493 e. The van der Waals surface area contributed by atoms with Crippen LogP contribution < -0.4 is 14.8 Å². The molecule has 120 valence electrons. The smallest absolute Gasteiger partial charge is 0.160 e. The lowest BCUT2D eigenvalue weighted by atomic mass is 10.1. The highest BCUT2D eigenvalue weighted by Gasteiger charge is 2.04. The zero-order valence-electron chi connectivity index (χ0n) is 13.6. The minimum absolute atomic E-state index is 0.768. The summed E-state index contributed by atoms with van der Waals surface area (Å²) in [6, 6.07) is 14.7. The maximum atomic E-state index is 5.34. The number of aromatic amines is 1. The Balaban J connectivity index is 1.53. The van der Waals surface area contributed by atoms with Gasteiger partial charge in [-0.15, -0.1) is 0 Å². The van der Waals surface area contributed by atoms with Crippen LogP contribution in [0.5, 0.6) is 11.5 Å². The number of rotatable bonds is 7. The van der Waals surface area contributed by atoms with Crippen molar-refractivity contribution in [1.29, 1.82) is 0 Å². The van der Waals surface area contributed by atoms with Crippen LogP contribution in [0.1, 0.15) is 11.1 Å². The first-order chi connectivity index (χ1) is 11.3. The number of aromatic nitrogens is 1. The molecule has 2 N–H and O–H groups in total. The third-order valence-electron chi connectivity index (χ3n) is 3.99. The molecule has 0 aliphatic heterocycles. The van der Waals surface area contributed by atoms with E-state index in [0.717, 1.165) is 31.0 Å². The van der Waals surface area contributed by atoms with E-state index in [9.17, 15) is 0 Å². The van der Waals surface area contributed by atoms with Gasteiger partial charge in [0.25, 0.3) is 0 Å². The fourth-order valence-corrected chi connectivity index (χ4v) is 2.71. The Morgan fingerprint density at radius 3 is 2.57 bits per heavy atom. The highest BCUT2D eigenvalue weighted by atomic mass is 16.5. The summed E-state index contributed by atoms with van der Waals surface area (Å²) in [7, 11) is 3.32. The van der Waals surface area contributed by atoms with Gasteiger partial charge >= 0.3 is 0 Å². The van der Waals surface area contributed by atoms with Crippen molar-refractivity contribution in [1.82, 2.24) is 10.3 Å². The number of nitrogens with one attached hydrogen (secondary N) is 2. The second-order valence-electron chi connectivity index (χ2n) is 5.52. The zero-order valence-corrected chi connectivity index (χ0v) is 13.6. The molecule has 0 fully saturated rings. The molecule has 0 bridgehead atoms. The molecule has 0 aliphatic carbocycles. The summed E-state index contributed by atoms with van der Waals surface area (Å²) in [5.74, 6) is 1.55. The monoisotopic (exact) mass is 310 g/mol. The van der Waals surface area contributed by atoms with Crippen LogP contribution in [-0.2, 0) is 13.0 Å². The summed E-state index contributed by atoms with van der Waals surface area (Å²) in [5.41, 5.74) is 3.71. The summed E-state index contributed by atoms with van der Waals surface area (Å²) in [6.45, 7) is 1.79. The summed E-state index contributed by atoms with van der Waals surface area (Å²) in [4.78, 5) is 3.21. The van der Waals surface area contributed by atoms with Gasteiger partial charge in [-0.2, -0.15) is 0 Å². The first-order valence-electron chi connectivity index (χ1n) is 7.78. The minimum atomic E-state index is 0.768. The molecule has 0 saturated heterocycles. The second-order valence-corrected chi connectivity index (χ2v) is 5.52. The molecule has 3 aromatic rings. The van der Waals surface area contributed by atoms with Crippen LogP contribution in [0, 0.1) is 0 Å². The van der Waals surface area contributed by atoms with Crippen LogP contribution >= 0.6 is 0 Å². The first kappa shape index (κ1) is 15.4. The Morgan fingerprint density at radius 1 is 0.913 bits per heavy atom. The molecule has 3 rings (SSSR count). The Kier molecular flexibility index (Phi) is 4.83. The molecule has 1 aromatic heterocycles. The van der Waals surface area contributed by atoms with E-state index in [4.69, 9.17) is 9.47 Å². The van der Waals surface area contributed by atoms with Gasteiger partial charge in [0.15, 0.2) is 11.5 Å². The van der Waals surface area contributed by atoms with E-state index in [1.165, 1.54) is 22.0 Å². The van der Waals surface area contributed by atoms with Gasteiger partial charge in [0.2, 0.25) is 0 Å². The highest BCUT2D eigenvalue weighted by Crippen LogP contribution is 2.27. The number of hydrogen-bond acceptors (Lipinski definition) is 3. The summed E-state index contributed by atoms with van der Waals surface area (Å²) >= 11 is 0. The van der Waals surface area contributed by atoms with Gasteiger partial charge in [-0.1, -0.05) is 12.1 Å². The molecule has 0 unspecified atom stereocenters. The molecule has 2 aromatic carbocycles. The molecule has 0 radical (unpaired) electrons. The SMILES string of the molecule is COc1ccc(CCNCc2ccc3[nH]ccc3c2)cc1OC.